The molecule has 1 aromatic carbocycles. The fourth-order valence-electron chi connectivity index (χ4n) is 2.32. The van der Waals surface area contributed by atoms with Crippen molar-refractivity contribution < 1.29 is 9.53 Å². The standard InChI is InChI=1S/C15H20BrIN2O2/c1-15(2,3)21-14(20)19-5-4-13(18)10-6-9(16)7-12(17)11(10)8-19/h6-7,13H,4-5,8,18H2,1-3H3/t13-/m1/s1. The molecule has 0 radical (unpaired) electrons. The molecular formula is C15H20BrIN2O2. The quantitative estimate of drug-likeness (QED) is 0.583. The zero-order chi connectivity index (χ0) is 15.8. The number of fused-ring (bicyclic) bond motifs is 1. The molecule has 1 aliphatic rings. The Kier molecular flexibility index (Phi) is 5.20. The third-order valence-corrected chi connectivity index (χ3v) is 4.73. The highest BCUT2D eigenvalue weighted by Gasteiger charge is 2.28. The lowest BCUT2D eigenvalue weighted by Gasteiger charge is -2.26. The van der Waals surface area contributed by atoms with Gasteiger partial charge in [-0.15, -0.1) is 0 Å². The molecule has 1 aromatic rings. The van der Waals surface area contributed by atoms with Gasteiger partial charge < -0.3 is 15.4 Å². The molecule has 0 saturated carbocycles. The lowest BCUT2D eigenvalue weighted by atomic mass is 10.0. The van der Waals surface area contributed by atoms with Gasteiger partial charge in [0.1, 0.15) is 5.60 Å². The first kappa shape index (κ1) is 17.0. The molecule has 0 aliphatic carbocycles. The number of carbonyl (C=O) groups excluding carboxylic acids is 1. The molecule has 1 amide bonds. The van der Waals surface area contributed by atoms with Crippen molar-refractivity contribution >= 4 is 44.6 Å². The number of rotatable bonds is 0. The van der Waals surface area contributed by atoms with Crippen molar-refractivity contribution in [3.05, 3.63) is 31.3 Å². The van der Waals surface area contributed by atoms with Crippen LogP contribution >= 0.6 is 38.5 Å². The van der Waals surface area contributed by atoms with Crippen LogP contribution in [0.15, 0.2) is 16.6 Å². The minimum Gasteiger partial charge on any atom is -0.444 e. The van der Waals surface area contributed by atoms with E-state index in [1.54, 1.807) is 4.90 Å². The third kappa shape index (κ3) is 4.32. The van der Waals surface area contributed by atoms with E-state index in [1.807, 2.05) is 26.8 Å². The Hall–Kier alpha value is -0.340. The van der Waals surface area contributed by atoms with E-state index >= 15 is 0 Å². The molecule has 2 rings (SSSR count). The van der Waals surface area contributed by atoms with Gasteiger partial charge in [0.2, 0.25) is 0 Å². The van der Waals surface area contributed by atoms with E-state index in [9.17, 15) is 4.79 Å². The van der Waals surface area contributed by atoms with E-state index in [0.717, 1.165) is 25.6 Å². The Balaban J connectivity index is 2.29. The van der Waals surface area contributed by atoms with Gasteiger partial charge in [-0.2, -0.15) is 0 Å². The molecule has 1 heterocycles. The van der Waals surface area contributed by atoms with Crippen molar-refractivity contribution in [2.45, 2.75) is 45.4 Å². The number of halogens is 2. The molecule has 21 heavy (non-hydrogen) atoms. The summed E-state index contributed by atoms with van der Waals surface area (Å²) in [6.45, 7) is 6.79. The number of hydrogen-bond acceptors (Lipinski definition) is 3. The first-order valence-corrected chi connectivity index (χ1v) is 8.76. The van der Waals surface area contributed by atoms with E-state index in [1.165, 1.54) is 0 Å². The predicted molar refractivity (Wildman–Crippen MR) is 95.0 cm³/mol. The van der Waals surface area contributed by atoms with Gasteiger partial charge in [-0.05, 0) is 73.0 Å². The van der Waals surface area contributed by atoms with Gasteiger partial charge in [-0.1, -0.05) is 15.9 Å². The van der Waals surface area contributed by atoms with Crippen molar-refractivity contribution in [1.82, 2.24) is 4.90 Å². The Morgan fingerprint density at radius 1 is 1.48 bits per heavy atom. The predicted octanol–water partition coefficient (Wildman–Crippen LogP) is 4.19. The zero-order valence-electron chi connectivity index (χ0n) is 12.5. The summed E-state index contributed by atoms with van der Waals surface area (Å²) in [5.74, 6) is 0. The summed E-state index contributed by atoms with van der Waals surface area (Å²) in [6, 6.07) is 4.05. The van der Waals surface area contributed by atoms with Crippen molar-refractivity contribution in [3.8, 4) is 0 Å². The van der Waals surface area contributed by atoms with Gasteiger partial charge in [-0.25, -0.2) is 4.79 Å². The smallest absolute Gasteiger partial charge is 0.410 e. The van der Waals surface area contributed by atoms with Gasteiger partial charge in [0.05, 0.1) is 6.54 Å². The molecule has 0 saturated heterocycles. The lowest BCUT2D eigenvalue weighted by Crippen LogP contribution is -2.36. The van der Waals surface area contributed by atoms with Crippen LogP contribution < -0.4 is 5.73 Å². The number of nitrogens with zero attached hydrogens (tertiary/aromatic N) is 1. The Labute approximate surface area is 147 Å². The second kappa shape index (κ2) is 6.42. The van der Waals surface area contributed by atoms with Crippen LogP contribution in [0.2, 0.25) is 0 Å². The van der Waals surface area contributed by atoms with E-state index in [0.29, 0.717) is 13.1 Å². The molecule has 0 unspecified atom stereocenters. The van der Waals surface area contributed by atoms with Gasteiger partial charge in [0.15, 0.2) is 0 Å². The first-order valence-electron chi connectivity index (χ1n) is 6.88. The lowest BCUT2D eigenvalue weighted by molar-refractivity contribution is 0.0234. The summed E-state index contributed by atoms with van der Waals surface area (Å²) < 4.78 is 7.62. The Morgan fingerprint density at radius 2 is 2.14 bits per heavy atom. The molecule has 0 fully saturated rings. The number of nitrogens with two attached hydrogens (primary N) is 1. The van der Waals surface area contributed by atoms with E-state index in [-0.39, 0.29) is 12.1 Å². The van der Waals surface area contributed by atoms with Gasteiger partial charge in [0.25, 0.3) is 0 Å². The van der Waals surface area contributed by atoms with Crippen LogP contribution in [-0.4, -0.2) is 23.1 Å². The molecular weight excluding hydrogens is 447 g/mol. The Morgan fingerprint density at radius 3 is 2.76 bits per heavy atom. The molecule has 0 spiro atoms. The summed E-state index contributed by atoms with van der Waals surface area (Å²) >= 11 is 5.81. The summed E-state index contributed by atoms with van der Waals surface area (Å²) in [6.07, 6.45) is 0.458. The normalized spacial score (nSPS) is 19.0. The second-order valence-corrected chi connectivity index (χ2v) is 8.33. The monoisotopic (exact) mass is 466 g/mol. The highest BCUT2D eigenvalue weighted by Crippen LogP contribution is 2.32. The molecule has 2 N–H and O–H groups in total. The van der Waals surface area contributed by atoms with Crippen LogP contribution in [0.5, 0.6) is 0 Å². The largest absolute Gasteiger partial charge is 0.444 e. The zero-order valence-corrected chi connectivity index (χ0v) is 16.2. The van der Waals surface area contributed by atoms with Crippen LogP contribution in [0.1, 0.15) is 44.4 Å². The minimum absolute atomic E-state index is 0.0570. The van der Waals surface area contributed by atoms with Crippen molar-refractivity contribution in [2.75, 3.05) is 6.54 Å². The number of hydrogen-bond donors (Lipinski definition) is 1. The number of benzene rings is 1. The minimum atomic E-state index is -0.485. The number of carbonyl (C=O) groups is 1. The van der Waals surface area contributed by atoms with Gasteiger partial charge in [-0.3, -0.25) is 0 Å². The van der Waals surface area contributed by atoms with Crippen molar-refractivity contribution in [3.63, 3.8) is 0 Å². The van der Waals surface area contributed by atoms with Crippen molar-refractivity contribution in [2.24, 2.45) is 5.73 Å². The van der Waals surface area contributed by atoms with E-state index in [4.69, 9.17) is 10.5 Å². The van der Waals surface area contributed by atoms with Gasteiger partial charge in [0, 0.05) is 20.6 Å². The summed E-state index contributed by atoms with van der Waals surface area (Å²) in [4.78, 5) is 14.1. The van der Waals surface area contributed by atoms with E-state index in [2.05, 4.69) is 44.6 Å². The highest BCUT2D eigenvalue weighted by atomic mass is 127. The summed E-state index contributed by atoms with van der Waals surface area (Å²) in [5.41, 5.74) is 8.02. The van der Waals surface area contributed by atoms with Crippen LogP contribution in [-0.2, 0) is 11.3 Å². The van der Waals surface area contributed by atoms with Crippen molar-refractivity contribution in [1.29, 1.82) is 0 Å². The number of ether oxygens (including phenoxy) is 1. The summed E-state index contributed by atoms with van der Waals surface area (Å²) in [5, 5.41) is 0. The van der Waals surface area contributed by atoms with Crippen LogP contribution in [0, 0.1) is 3.57 Å². The SMILES string of the molecule is CC(C)(C)OC(=O)N1CC[C@@H](N)c2cc(Br)cc(I)c2C1. The average molecular weight is 467 g/mol. The Bertz CT molecular complexity index is 557. The highest BCUT2D eigenvalue weighted by molar-refractivity contribution is 14.1. The van der Waals surface area contributed by atoms with Crippen LogP contribution in [0.4, 0.5) is 4.79 Å². The molecule has 1 atom stereocenters. The second-order valence-electron chi connectivity index (χ2n) is 6.25. The topological polar surface area (TPSA) is 55.6 Å². The molecule has 4 nitrogen and oxygen atoms in total. The maximum absolute atomic E-state index is 12.3. The number of amides is 1. The third-order valence-electron chi connectivity index (χ3n) is 3.30. The van der Waals surface area contributed by atoms with E-state index < -0.39 is 5.60 Å². The maximum Gasteiger partial charge on any atom is 0.410 e. The fraction of sp³-hybridized carbons (Fsp3) is 0.533. The molecule has 1 aliphatic heterocycles. The fourth-order valence-corrected chi connectivity index (χ4v) is 4.04. The van der Waals surface area contributed by atoms with Gasteiger partial charge >= 0.3 is 6.09 Å². The summed E-state index contributed by atoms with van der Waals surface area (Å²) in [7, 11) is 0. The molecule has 6 heteroatoms. The van der Waals surface area contributed by atoms with Crippen LogP contribution in [0.3, 0.4) is 0 Å². The average Bonchev–Trinajstić information content (AvgIpc) is 2.48. The molecule has 0 aromatic heterocycles. The molecule has 0 bridgehead atoms. The first-order chi connectivity index (χ1) is 9.67. The molecule has 116 valence electrons. The maximum atomic E-state index is 12.3. The van der Waals surface area contributed by atoms with Crippen LogP contribution in [0.25, 0.3) is 0 Å².